The fraction of sp³-hybridized carbons (Fsp3) is 0.471. The first-order valence-electron chi connectivity index (χ1n) is 7.64. The Morgan fingerprint density at radius 1 is 1.10 bits per heavy atom. The van der Waals surface area contributed by atoms with Crippen molar-refractivity contribution in [3.8, 4) is 0 Å². The first kappa shape index (κ1) is 14.8. The van der Waals surface area contributed by atoms with Gasteiger partial charge in [-0.15, -0.1) is 0 Å². The van der Waals surface area contributed by atoms with E-state index in [1.54, 1.807) is 0 Å². The van der Waals surface area contributed by atoms with Gasteiger partial charge < -0.3 is 10.2 Å². The Morgan fingerprint density at radius 3 is 2.55 bits per heavy atom. The van der Waals surface area contributed by atoms with Crippen LogP contribution in [0, 0.1) is 0 Å². The number of hydrogen-bond donors (Lipinski definition) is 1. The van der Waals surface area contributed by atoms with E-state index in [1.807, 2.05) is 0 Å². The van der Waals surface area contributed by atoms with Crippen LogP contribution in [0.1, 0.15) is 32.9 Å². The molecule has 0 radical (unpaired) electrons. The molecule has 2 aromatic rings. The molecule has 2 rings (SSSR count). The molecule has 1 aromatic heterocycles. The van der Waals surface area contributed by atoms with Crippen molar-refractivity contribution in [1.82, 2.24) is 10.3 Å². The standard InChI is InChI=1S/C17H25N3/c1-4-11-18-13-15-12-14-9-7-8-10-16(14)17(19-15)20(5-2)6-3/h7-10,12,18H,4-6,11,13H2,1-3H3. The molecule has 3 heteroatoms. The zero-order chi connectivity index (χ0) is 14.4. The van der Waals surface area contributed by atoms with Crippen LogP contribution in [0.15, 0.2) is 30.3 Å². The highest BCUT2D eigenvalue weighted by molar-refractivity contribution is 5.92. The molecule has 0 bridgehead atoms. The fourth-order valence-electron chi connectivity index (χ4n) is 2.48. The second-order valence-corrected chi connectivity index (χ2v) is 5.01. The Hall–Kier alpha value is -1.61. The Balaban J connectivity index is 2.41. The highest BCUT2D eigenvalue weighted by atomic mass is 15.2. The number of rotatable bonds is 7. The number of nitrogens with zero attached hydrogens (tertiary/aromatic N) is 2. The quantitative estimate of drug-likeness (QED) is 0.780. The molecule has 0 atom stereocenters. The lowest BCUT2D eigenvalue weighted by atomic mass is 10.1. The van der Waals surface area contributed by atoms with Crippen LogP contribution in [0.5, 0.6) is 0 Å². The molecular formula is C17H25N3. The summed E-state index contributed by atoms with van der Waals surface area (Å²) < 4.78 is 0. The van der Waals surface area contributed by atoms with Crippen molar-refractivity contribution < 1.29 is 0 Å². The first-order chi connectivity index (χ1) is 9.80. The number of aromatic nitrogens is 1. The van der Waals surface area contributed by atoms with Crippen molar-refractivity contribution in [2.45, 2.75) is 33.7 Å². The maximum Gasteiger partial charge on any atom is 0.136 e. The maximum absolute atomic E-state index is 4.88. The SMILES string of the molecule is CCCNCc1cc2ccccc2c(N(CC)CC)n1. The zero-order valence-corrected chi connectivity index (χ0v) is 12.8. The summed E-state index contributed by atoms with van der Waals surface area (Å²) in [6.45, 7) is 10.4. The summed E-state index contributed by atoms with van der Waals surface area (Å²) in [6.07, 6.45) is 1.15. The van der Waals surface area contributed by atoms with Crippen molar-refractivity contribution in [1.29, 1.82) is 0 Å². The fourth-order valence-corrected chi connectivity index (χ4v) is 2.48. The molecule has 0 amide bonds. The zero-order valence-electron chi connectivity index (χ0n) is 12.8. The van der Waals surface area contributed by atoms with Crippen LogP contribution >= 0.6 is 0 Å². The largest absolute Gasteiger partial charge is 0.357 e. The number of pyridine rings is 1. The van der Waals surface area contributed by atoms with E-state index in [1.165, 1.54) is 10.8 Å². The summed E-state index contributed by atoms with van der Waals surface area (Å²) in [7, 11) is 0. The van der Waals surface area contributed by atoms with E-state index < -0.39 is 0 Å². The highest BCUT2D eigenvalue weighted by Gasteiger charge is 2.10. The van der Waals surface area contributed by atoms with E-state index in [2.05, 4.69) is 61.3 Å². The maximum atomic E-state index is 4.88. The molecule has 0 fully saturated rings. The van der Waals surface area contributed by atoms with Gasteiger partial charge in [0.1, 0.15) is 5.82 Å². The molecule has 108 valence electrons. The minimum Gasteiger partial charge on any atom is -0.357 e. The third kappa shape index (κ3) is 3.28. The van der Waals surface area contributed by atoms with E-state index in [4.69, 9.17) is 4.98 Å². The molecule has 0 saturated heterocycles. The van der Waals surface area contributed by atoms with Gasteiger partial charge in [0.2, 0.25) is 0 Å². The lowest BCUT2D eigenvalue weighted by Crippen LogP contribution is -2.24. The minimum absolute atomic E-state index is 0.840. The second-order valence-electron chi connectivity index (χ2n) is 5.01. The van der Waals surface area contributed by atoms with Gasteiger partial charge in [-0.1, -0.05) is 31.2 Å². The van der Waals surface area contributed by atoms with Gasteiger partial charge in [-0.2, -0.15) is 0 Å². The summed E-state index contributed by atoms with van der Waals surface area (Å²) >= 11 is 0. The van der Waals surface area contributed by atoms with Crippen LogP contribution in [0.25, 0.3) is 10.8 Å². The van der Waals surface area contributed by atoms with Crippen molar-refractivity contribution in [3.05, 3.63) is 36.0 Å². The third-order valence-electron chi connectivity index (χ3n) is 3.57. The second kappa shape index (κ2) is 7.25. The van der Waals surface area contributed by atoms with Crippen molar-refractivity contribution in [2.24, 2.45) is 0 Å². The van der Waals surface area contributed by atoms with E-state index in [0.717, 1.165) is 44.1 Å². The average Bonchev–Trinajstić information content (AvgIpc) is 2.49. The Morgan fingerprint density at radius 2 is 1.85 bits per heavy atom. The number of benzene rings is 1. The molecule has 1 heterocycles. The van der Waals surface area contributed by atoms with Gasteiger partial charge in [0.25, 0.3) is 0 Å². The lowest BCUT2D eigenvalue weighted by Gasteiger charge is -2.22. The number of hydrogen-bond acceptors (Lipinski definition) is 3. The van der Waals surface area contributed by atoms with Crippen LogP contribution in [0.2, 0.25) is 0 Å². The van der Waals surface area contributed by atoms with E-state index >= 15 is 0 Å². The smallest absolute Gasteiger partial charge is 0.136 e. The van der Waals surface area contributed by atoms with Crippen molar-refractivity contribution in [3.63, 3.8) is 0 Å². The molecule has 20 heavy (non-hydrogen) atoms. The van der Waals surface area contributed by atoms with Gasteiger partial charge >= 0.3 is 0 Å². The monoisotopic (exact) mass is 271 g/mol. The van der Waals surface area contributed by atoms with Gasteiger partial charge in [-0.05, 0) is 38.3 Å². The predicted octanol–water partition coefficient (Wildman–Crippen LogP) is 3.58. The average molecular weight is 271 g/mol. The minimum atomic E-state index is 0.840. The summed E-state index contributed by atoms with van der Waals surface area (Å²) in [5.41, 5.74) is 1.12. The number of anilines is 1. The summed E-state index contributed by atoms with van der Waals surface area (Å²) in [4.78, 5) is 7.20. The summed E-state index contributed by atoms with van der Waals surface area (Å²) in [6, 6.07) is 10.7. The third-order valence-corrected chi connectivity index (χ3v) is 3.57. The van der Waals surface area contributed by atoms with Crippen LogP contribution in [-0.2, 0) is 6.54 Å². The van der Waals surface area contributed by atoms with Gasteiger partial charge in [0.15, 0.2) is 0 Å². The lowest BCUT2D eigenvalue weighted by molar-refractivity contribution is 0.664. The molecule has 1 aromatic carbocycles. The number of fused-ring (bicyclic) bond motifs is 1. The summed E-state index contributed by atoms with van der Waals surface area (Å²) in [5, 5.41) is 5.96. The van der Waals surface area contributed by atoms with E-state index in [9.17, 15) is 0 Å². The molecule has 0 aliphatic carbocycles. The van der Waals surface area contributed by atoms with Crippen LogP contribution < -0.4 is 10.2 Å². The van der Waals surface area contributed by atoms with Crippen LogP contribution in [0.4, 0.5) is 5.82 Å². The van der Waals surface area contributed by atoms with Gasteiger partial charge in [-0.25, -0.2) is 4.98 Å². The Bertz CT molecular complexity index is 547. The van der Waals surface area contributed by atoms with Crippen LogP contribution in [-0.4, -0.2) is 24.6 Å². The molecular weight excluding hydrogens is 246 g/mol. The molecule has 0 aliphatic heterocycles. The van der Waals surface area contributed by atoms with Gasteiger partial charge in [-0.3, -0.25) is 0 Å². The van der Waals surface area contributed by atoms with E-state index in [-0.39, 0.29) is 0 Å². The summed E-state index contributed by atoms with van der Waals surface area (Å²) in [5.74, 6) is 1.11. The number of nitrogens with one attached hydrogen (secondary N) is 1. The van der Waals surface area contributed by atoms with Crippen LogP contribution in [0.3, 0.4) is 0 Å². The Kier molecular flexibility index (Phi) is 5.36. The topological polar surface area (TPSA) is 28.2 Å². The molecule has 0 aliphatic rings. The molecule has 0 unspecified atom stereocenters. The predicted molar refractivity (Wildman–Crippen MR) is 87.3 cm³/mol. The van der Waals surface area contributed by atoms with Gasteiger partial charge in [0, 0.05) is 25.0 Å². The molecule has 0 saturated carbocycles. The van der Waals surface area contributed by atoms with E-state index in [0.29, 0.717) is 0 Å². The normalized spacial score (nSPS) is 10.9. The highest BCUT2D eigenvalue weighted by Crippen LogP contribution is 2.25. The molecule has 1 N–H and O–H groups in total. The molecule has 0 spiro atoms. The molecule has 3 nitrogen and oxygen atoms in total. The first-order valence-corrected chi connectivity index (χ1v) is 7.64. The van der Waals surface area contributed by atoms with Gasteiger partial charge in [0.05, 0.1) is 5.69 Å². The van der Waals surface area contributed by atoms with Crippen molar-refractivity contribution >= 4 is 16.6 Å². The Labute approximate surface area is 122 Å². The van der Waals surface area contributed by atoms with Crippen molar-refractivity contribution in [2.75, 3.05) is 24.5 Å².